The largest absolute Gasteiger partial charge is 0.508 e. The van der Waals surface area contributed by atoms with Crippen molar-refractivity contribution in [2.24, 2.45) is 0 Å². The molecular weight excluding hydrogens is 346 g/mol. The fourth-order valence-corrected chi connectivity index (χ4v) is 4.27. The molecule has 0 spiro atoms. The molecule has 0 amide bonds. The molecule has 1 N–H and O–H groups in total. The van der Waals surface area contributed by atoms with E-state index in [0.29, 0.717) is 0 Å². The van der Waals surface area contributed by atoms with Crippen molar-refractivity contribution in [2.75, 3.05) is 7.11 Å². The van der Waals surface area contributed by atoms with Gasteiger partial charge in [-0.05, 0) is 65.6 Å². The summed E-state index contributed by atoms with van der Waals surface area (Å²) in [6, 6.07) is 24.5. The van der Waals surface area contributed by atoms with Crippen molar-refractivity contribution in [3.8, 4) is 33.8 Å². The number of benzene rings is 2. The molecule has 5 rings (SSSR count). The van der Waals surface area contributed by atoms with E-state index in [1.54, 1.807) is 19.2 Å². The third-order valence-corrected chi connectivity index (χ3v) is 5.57. The summed E-state index contributed by atoms with van der Waals surface area (Å²) < 4.78 is 7.70. The second-order valence-electron chi connectivity index (χ2n) is 7.06. The van der Waals surface area contributed by atoms with Gasteiger partial charge in [-0.15, -0.1) is 0 Å². The van der Waals surface area contributed by atoms with Crippen molar-refractivity contribution in [3.05, 3.63) is 78.4 Å². The molecule has 138 valence electrons. The third kappa shape index (κ3) is 2.36. The lowest BCUT2D eigenvalue weighted by molar-refractivity contribution is 0.415. The van der Waals surface area contributed by atoms with Crippen LogP contribution in [0.2, 0.25) is 0 Å². The van der Waals surface area contributed by atoms with Crippen molar-refractivity contribution in [2.45, 2.75) is 13.3 Å². The Hall–Kier alpha value is -3.46. The van der Waals surface area contributed by atoms with Crippen LogP contribution in [-0.4, -0.2) is 16.6 Å². The number of aromatic nitrogens is 1. The van der Waals surface area contributed by atoms with E-state index in [1.807, 2.05) is 24.3 Å². The van der Waals surface area contributed by atoms with Crippen LogP contribution in [-0.2, 0) is 6.42 Å². The number of pyridine rings is 1. The molecule has 0 saturated heterocycles. The van der Waals surface area contributed by atoms with E-state index in [-0.39, 0.29) is 5.75 Å². The molecule has 0 bridgehead atoms. The van der Waals surface area contributed by atoms with Crippen LogP contribution in [0.5, 0.6) is 11.5 Å². The van der Waals surface area contributed by atoms with Crippen molar-refractivity contribution >= 4 is 16.6 Å². The first-order chi connectivity index (χ1) is 13.7. The Labute approximate surface area is 163 Å². The lowest BCUT2D eigenvalue weighted by Crippen LogP contribution is -1.87. The van der Waals surface area contributed by atoms with E-state index < -0.39 is 0 Å². The molecule has 0 atom stereocenters. The van der Waals surface area contributed by atoms with Gasteiger partial charge in [0.25, 0.3) is 0 Å². The maximum Gasteiger partial charge on any atom is 0.118 e. The fourth-order valence-electron chi connectivity index (χ4n) is 4.27. The number of nitrogens with zero attached hydrogens (tertiary/aromatic N) is 1. The molecule has 0 saturated carbocycles. The average molecular weight is 367 g/mol. The SMILES string of the molecule is CCc1c(-c2ccc(OC)cc2)c2cc(-c3ccc(O)cc3)c3cccc1n32. The number of phenols is 1. The van der Waals surface area contributed by atoms with Crippen LogP contribution in [0.3, 0.4) is 0 Å². The molecule has 0 aliphatic carbocycles. The van der Waals surface area contributed by atoms with Crippen LogP contribution in [0.4, 0.5) is 0 Å². The van der Waals surface area contributed by atoms with Gasteiger partial charge in [0.15, 0.2) is 0 Å². The molecule has 28 heavy (non-hydrogen) atoms. The van der Waals surface area contributed by atoms with Crippen molar-refractivity contribution < 1.29 is 9.84 Å². The maximum atomic E-state index is 9.65. The zero-order valence-electron chi connectivity index (χ0n) is 15.9. The van der Waals surface area contributed by atoms with Crippen molar-refractivity contribution in [1.82, 2.24) is 4.40 Å². The van der Waals surface area contributed by atoms with E-state index in [9.17, 15) is 5.11 Å². The quantitative estimate of drug-likeness (QED) is 0.414. The molecule has 5 aromatic rings. The minimum Gasteiger partial charge on any atom is -0.508 e. The summed E-state index contributed by atoms with van der Waals surface area (Å²) in [5, 5.41) is 9.65. The van der Waals surface area contributed by atoms with Gasteiger partial charge in [-0.25, -0.2) is 0 Å². The number of hydrogen-bond acceptors (Lipinski definition) is 2. The molecule has 0 fully saturated rings. The Bertz CT molecular complexity index is 1260. The number of aryl methyl sites for hydroxylation is 1. The lowest BCUT2D eigenvalue weighted by atomic mass is 9.98. The first-order valence-electron chi connectivity index (χ1n) is 9.53. The number of methoxy groups -OCH3 is 1. The highest BCUT2D eigenvalue weighted by atomic mass is 16.5. The van der Waals surface area contributed by atoms with Gasteiger partial charge in [-0.2, -0.15) is 0 Å². The monoisotopic (exact) mass is 367 g/mol. The summed E-state index contributed by atoms with van der Waals surface area (Å²) in [5.41, 5.74) is 9.79. The highest BCUT2D eigenvalue weighted by Crippen LogP contribution is 2.41. The average Bonchev–Trinajstić information content (AvgIpc) is 3.27. The zero-order valence-corrected chi connectivity index (χ0v) is 15.9. The lowest BCUT2D eigenvalue weighted by Gasteiger charge is -2.06. The smallest absolute Gasteiger partial charge is 0.118 e. The van der Waals surface area contributed by atoms with Crippen LogP contribution in [0.15, 0.2) is 72.8 Å². The molecule has 0 unspecified atom stereocenters. The summed E-state index contributed by atoms with van der Waals surface area (Å²) in [5.74, 6) is 1.15. The highest BCUT2D eigenvalue weighted by Gasteiger charge is 2.20. The van der Waals surface area contributed by atoms with E-state index in [2.05, 4.69) is 47.7 Å². The zero-order chi connectivity index (χ0) is 19.3. The van der Waals surface area contributed by atoms with E-state index in [1.165, 1.54) is 38.8 Å². The summed E-state index contributed by atoms with van der Waals surface area (Å²) in [6.07, 6.45) is 0.969. The Morgan fingerprint density at radius 1 is 0.821 bits per heavy atom. The molecular formula is C25H21NO2. The maximum absolute atomic E-state index is 9.65. The molecule has 3 nitrogen and oxygen atoms in total. The van der Waals surface area contributed by atoms with Gasteiger partial charge in [0.2, 0.25) is 0 Å². The number of phenolic OH excluding ortho intramolecular Hbond substituents is 1. The topological polar surface area (TPSA) is 33.9 Å². The third-order valence-electron chi connectivity index (χ3n) is 5.57. The van der Waals surface area contributed by atoms with E-state index in [0.717, 1.165) is 17.7 Å². The number of ether oxygens (including phenoxy) is 1. The van der Waals surface area contributed by atoms with Crippen LogP contribution in [0.1, 0.15) is 12.5 Å². The Morgan fingerprint density at radius 3 is 2.18 bits per heavy atom. The van der Waals surface area contributed by atoms with E-state index >= 15 is 0 Å². The van der Waals surface area contributed by atoms with Gasteiger partial charge in [-0.3, -0.25) is 0 Å². The van der Waals surface area contributed by atoms with Gasteiger partial charge >= 0.3 is 0 Å². The second kappa shape index (κ2) is 6.31. The van der Waals surface area contributed by atoms with Crippen LogP contribution in [0.25, 0.3) is 38.8 Å². The molecule has 3 heterocycles. The van der Waals surface area contributed by atoms with Crippen LogP contribution >= 0.6 is 0 Å². The second-order valence-corrected chi connectivity index (χ2v) is 7.06. The predicted octanol–water partition coefficient (Wildman–Crippen LogP) is 6.14. The Balaban J connectivity index is 1.82. The standard InChI is InChI=1S/C25H21NO2/c1-3-20-22-5-4-6-23-21(16-7-11-18(27)12-8-16)15-24(26(22)23)25(20)17-9-13-19(28-2)14-10-17/h4-15,27H,3H2,1-2H3. The minimum absolute atomic E-state index is 0.285. The molecule has 0 radical (unpaired) electrons. The minimum atomic E-state index is 0.285. The Kier molecular flexibility index (Phi) is 3.76. The van der Waals surface area contributed by atoms with Crippen molar-refractivity contribution in [1.29, 1.82) is 0 Å². The van der Waals surface area contributed by atoms with Gasteiger partial charge in [0.05, 0.1) is 23.7 Å². The molecule has 0 aliphatic rings. The highest BCUT2D eigenvalue weighted by molar-refractivity contribution is 6.00. The molecule has 3 heteroatoms. The summed E-state index contributed by atoms with van der Waals surface area (Å²) in [6.45, 7) is 2.21. The first-order valence-corrected chi connectivity index (χ1v) is 9.53. The van der Waals surface area contributed by atoms with Gasteiger partial charge in [0.1, 0.15) is 11.5 Å². The molecule has 3 aromatic heterocycles. The molecule has 0 aliphatic heterocycles. The number of rotatable bonds is 4. The first kappa shape index (κ1) is 16.7. The van der Waals surface area contributed by atoms with Gasteiger partial charge in [0, 0.05) is 11.1 Å². The predicted molar refractivity (Wildman–Crippen MR) is 115 cm³/mol. The fraction of sp³-hybridized carbons (Fsp3) is 0.120. The van der Waals surface area contributed by atoms with Crippen molar-refractivity contribution in [3.63, 3.8) is 0 Å². The number of aromatic hydroxyl groups is 1. The van der Waals surface area contributed by atoms with Gasteiger partial charge < -0.3 is 14.2 Å². The van der Waals surface area contributed by atoms with Gasteiger partial charge in [-0.1, -0.05) is 37.3 Å². The Morgan fingerprint density at radius 2 is 1.50 bits per heavy atom. The van der Waals surface area contributed by atoms with E-state index in [4.69, 9.17) is 4.74 Å². The summed E-state index contributed by atoms with van der Waals surface area (Å²) in [7, 11) is 1.69. The molecule has 2 aromatic carbocycles. The van der Waals surface area contributed by atoms with Crippen LogP contribution in [0, 0.1) is 0 Å². The normalized spacial score (nSPS) is 11.5. The number of hydrogen-bond donors (Lipinski definition) is 1. The summed E-state index contributed by atoms with van der Waals surface area (Å²) in [4.78, 5) is 0. The summed E-state index contributed by atoms with van der Waals surface area (Å²) >= 11 is 0. The van der Waals surface area contributed by atoms with Crippen LogP contribution < -0.4 is 4.74 Å².